The fourth-order valence-electron chi connectivity index (χ4n) is 5.41. The van der Waals surface area contributed by atoms with Gasteiger partial charge in [-0.25, -0.2) is 9.97 Å². The predicted molar refractivity (Wildman–Crippen MR) is 93.7 cm³/mol. The van der Waals surface area contributed by atoms with E-state index < -0.39 is 5.79 Å². The van der Waals surface area contributed by atoms with Crippen molar-refractivity contribution in [2.24, 2.45) is 17.3 Å². The van der Waals surface area contributed by atoms with E-state index >= 15 is 0 Å². The van der Waals surface area contributed by atoms with Crippen molar-refractivity contribution in [1.82, 2.24) is 14.5 Å². The number of nitrogens with zero attached hydrogens (tertiary/aromatic N) is 3. The summed E-state index contributed by atoms with van der Waals surface area (Å²) in [4.78, 5) is 21.7. The number of hydrogen-bond donors (Lipinski definition) is 0. The molecule has 0 N–H and O–H groups in total. The molecule has 0 aromatic carbocycles. The molecule has 0 spiro atoms. The highest BCUT2D eigenvalue weighted by Gasteiger charge is 2.79. The van der Waals surface area contributed by atoms with Crippen LogP contribution in [0.25, 0.3) is 11.0 Å². The largest absolute Gasteiger partial charge is 0.343 e. The maximum absolute atomic E-state index is 13.2. The average molecular weight is 374 g/mol. The van der Waals surface area contributed by atoms with Gasteiger partial charge in [-0.15, -0.1) is 0 Å². The minimum Gasteiger partial charge on any atom is -0.343 e. The third kappa shape index (κ3) is 1.82. The van der Waals surface area contributed by atoms with E-state index in [0.29, 0.717) is 10.9 Å². The first-order valence-electron chi connectivity index (χ1n) is 9.29. The van der Waals surface area contributed by atoms with Crippen molar-refractivity contribution >= 4 is 28.4 Å². The number of carbonyl (C=O) groups is 1. The maximum Gasteiger partial charge on any atom is 0.163 e. The van der Waals surface area contributed by atoms with Gasteiger partial charge in [0, 0.05) is 12.1 Å². The van der Waals surface area contributed by atoms with E-state index in [9.17, 15) is 4.79 Å². The van der Waals surface area contributed by atoms with E-state index in [1.54, 1.807) is 0 Å². The van der Waals surface area contributed by atoms with Crippen molar-refractivity contribution in [3.05, 3.63) is 23.7 Å². The third-order valence-corrected chi connectivity index (χ3v) is 6.93. The molecule has 0 unspecified atom stereocenters. The molecule has 26 heavy (non-hydrogen) atoms. The van der Waals surface area contributed by atoms with Crippen LogP contribution in [0.2, 0.25) is 5.15 Å². The van der Waals surface area contributed by atoms with Crippen LogP contribution in [0.5, 0.6) is 0 Å². The molecule has 3 saturated carbocycles. The zero-order chi connectivity index (χ0) is 17.8. The quantitative estimate of drug-likeness (QED) is 0.773. The molecule has 3 aliphatic carbocycles. The molecule has 4 aliphatic rings. The second-order valence-corrected chi connectivity index (χ2v) is 8.98. The summed E-state index contributed by atoms with van der Waals surface area (Å²) in [6.07, 6.45) is 6.10. The Morgan fingerprint density at radius 2 is 2.12 bits per heavy atom. The molecule has 6 nitrogen and oxygen atoms in total. The van der Waals surface area contributed by atoms with Crippen LogP contribution < -0.4 is 0 Å². The summed E-state index contributed by atoms with van der Waals surface area (Å²) in [5.74, 6) is 0.189. The van der Waals surface area contributed by atoms with Gasteiger partial charge in [0.05, 0.1) is 16.8 Å². The molecule has 136 valence electrons. The van der Waals surface area contributed by atoms with E-state index in [0.717, 1.165) is 30.3 Å². The summed E-state index contributed by atoms with van der Waals surface area (Å²) in [7, 11) is 0. The lowest BCUT2D eigenvalue weighted by molar-refractivity contribution is -0.164. The molecule has 3 heterocycles. The van der Waals surface area contributed by atoms with Gasteiger partial charge in [-0.2, -0.15) is 0 Å². The Labute approximate surface area is 155 Å². The highest BCUT2D eigenvalue weighted by atomic mass is 35.5. The smallest absolute Gasteiger partial charge is 0.163 e. The van der Waals surface area contributed by atoms with Crippen LogP contribution in [0.3, 0.4) is 0 Å². The van der Waals surface area contributed by atoms with Crippen LogP contribution in [-0.4, -0.2) is 38.3 Å². The van der Waals surface area contributed by atoms with E-state index in [2.05, 4.69) is 14.5 Å². The van der Waals surface area contributed by atoms with Crippen LogP contribution in [0.4, 0.5) is 0 Å². The van der Waals surface area contributed by atoms with E-state index in [-0.39, 0.29) is 35.5 Å². The minimum absolute atomic E-state index is 0.0351. The molecule has 2 aromatic heterocycles. The normalized spacial score (nSPS) is 39.8. The Kier molecular flexibility index (Phi) is 2.79. The van der Waals surface area contributed by atoms with Gasteiger partial charge in [0.25, 0.3) is 0 Å². The summed E-state index contributed by atoms with van der Waals surface area (Å²) in [5.41, 5.74) is 0.418. The predicted octanol–water partition coefficient (Wildman–Crippen LogP) is 3.14. The maximum atomic E-state index is 13.2. The first-order valence-corrected chi connectivity index (χ1v) is 9.67. The van der Waals surface area contributed by atoms with Gasteiger partial charge in [0.2, 0.25) is 0 Å². The van der Waals surface area contributed by atoms with E-state index in [1.165, 1.54) is 6.33 Å². The first-order chi connectivity index (χ1) is 12.4. The van der Waals surface area contributed by atoms with Gasteiger partial charge < -0.3 is 14.0 Å². The topological polar surface area (TPSA) is 66.2 Å². The number of ketones is 1. The number of hydrogen-bond acceptors (Lipinski definition) is 5. The molecule has 0 bridgehead atoms. The number of Topliss-reactive ketones (excluding diaryl/α,β-unsaturated/α-hetero) is 1. The number of halogens is 1. The van der Waals surface area contributed by atoms with Crippen molar-refractivity contribution in [3.8, 4) is 0 Å². The van der Waals surface area contributed by atoms with Gasteiger partial charge in [0.1, 0.15) is 35.1 Å². The van der Waals surface area contributed by atoms with E-state index in [4.69, 9.17) is 21.1 Å². The Bertz CT molecular complexity index is 953. The summed E-state index contributed by atoms with van der Waals surface area (Å²) in [6.45, 7) is 3.86. The van der Waals surface area contributed by atoms with Crippen molar-refractivity contribution in [2.75, 3.05) is 0 Å². The highest BCUT2D eigenvalue weighted by molar-refractivity contribution is 6.33. The number of carbonyl (C=O) groups excluding carboxylic acids is 1. The van der Waals surface area contributed by atoms with Gasteiger partial charge in [-0.3, -0.25) is 4.79 Å². The molecular formula is C19H20ClN3O3. The van der Waals surface area contributed by atoms with Gasteiger partial charge in [-0.05, 0) is 45.1 Å². The molecule has 6 rings (SSSR count). The monoisotopic (exact) mass is 373 g/mol. The van der Waals surface area contributed by atoms with Gasteiger partial charge in [-0.1, -0.05) is 11.6 Å². The molecule has 4 fully saturated rings. The Hall–Kier alpha value is -1.50. The zero-order valence-electron chi connectivity index (χ0n) is 14.7. The second-order valence-electron chi connectivity index (χ2n) is 8.63. The van der Waals surface area contributed by atoms with Crippen molar-refractivity contribution in [1.29, 1.82) is 0 Å². The standard InChI is InChI=1S/C19H20ClN3O3/c1-18(2)25-13-12(23-6-5-10-16(20)21-8-22-17(10)23)11-7-19(11,15(13)26-18)14(24)9-3-4-9/h5-6,8-9,11-13,15H,3-4,7H2,1-2H3/t11-,12-,13+,15+,19-/m1/s1. The molecule has 2 aromatic rings. The summed E-state index contributed by atoms with van der Waals surface area (Å²) < 4.78 is 14.7. The van der Waals surface area contributed by atoms with Crippen LogP contribution >= 0.6 is 11.6 Å². The first kappa shape index (κ1) is 15.5. The molecule has 0 radical (unpaired) electrons. The van der Waals surface area contributed by atoms with Crippen molar-refractivity contribution < 1.29 is 14.3 Å². The fraction of sp³-hybridized carbons (Fsp3) is 0.632. The van der Waals surface area contributed by atoms with Crippen LogP contribution in [0, 0.1) is 17.3 Å². The molecule has 7 heteroatoms. The van der Waals surface area contributed by atoms with E-state index in [1.807, 2.05) is 26.1 Å². The molecular weight excluding hydrogens is 354 g/mol. The fourth-order valence-corrected chi connectivity index (χ4v) is 5.60. The third-order valence-electron chi connectivity index (χ3n) is 6.63. The van der Waals surface area contributed by atoms with Crippen molar-refractivity contribution in [2.45, 2.75) is 57.1 Å². The van der Waals surface area contributed by atoms with Crippen LogP contribution in [0.15, 0.2) is 18.6 Å². The molecule has 1 aliphatic heterocycles. The Morgan fingerprint density at radius 3 is 2.88 bits per heavy atom. The number of fused-ring (bicyclic) bond motifs is 4. The van der Waals surface area contributed by atoms with Crippen LogP contribution in [0.1, 0.15) is 39.2 Å². The van der Waals surface area contributed by atoms with Gasteiger partial charge in [0.15, 0.2) is 5.79 Å². The minimum atomic E-state index is -0.673. The number of aromatic nitrogens is 3. The Balaban J connectivity index is 1.48. The average Bonchev–Trinajstić information content (AvgIpc) is 3.47. The lowest BCUT2D eigenvalue weighted by Crippen LogP contribution is -2.36. The molecule has 5 atom stereocenters. The second kappa shape index (κ2) is 4.66. The summed E-state index contributed by atoms with van der Waals surface area (Å²) >= 11 is 6.23. The zero-order valence-corrected chi connectivity index (χ0v) is 15.4. The summed E-state index contributed by atoms with van der Waals surface area (Å²) in [5, 5.41) is 1.28. The molecule has 1 saturated heterocycles. The van der Waals surface area contributed by atoms with Gasteiger partial charge >= 0.3 is 0 Å². The van der Waals surface area contributed by atoms with Crippen molar-refractivity contribution in [3.63, 3.8) is 0 Å². The SMILES string of the molecule is CC1(C)O[C@H]2[C@H](n3ccc4c(Cl)ncnc43)[C@H]3C[C@@]3(C(=O)C3CC3)[C@H]2O1. The number of ether oxygens (including phenoxy) is 2. The number of rotatable bonds is 3. The molecule has 0 amide bonds. The Morgan fingerprint density at radius 1 is 1.31 bits per heavy atom. The van der Waals surface area contributed by atoms with Crippen LogP contribution in [-0.2, 0) is 14.3 Å². The lowest BCUT2D eigenvalue weighted by Gasteiger charge is -2.24. The summed E-state index contributed by atoms with van der Waals surface area (Å²) in [6, 6.07) is 1.98. The highest BCUT2D eigenvalue weighted by Crippen LogP contribution is 2.73. The lowest BCUT2D eigenvalue weighted by atomic mass is 9.91.